The van der Waals surface area contributed by atoms with Crippen molar-refractivity contribution in [2.75, 3.05) is 0 Å². The molecule has 2 aliphatic rings. The van der Waals surface area contributed by atoms with Crippen molar-refractivity contribution in [3.8, 4) is 0 Å². The van der Waals surface area contributed by atoms with Crippen molar-refractivity contribution in [1.29, 1.82) is 0 Å². The van der Waals surface area contributed by atoms with Crippen LogP contribution in [0.25, 0.3) is 17.7 Å². The van der Waals surface area contributed by atoms with E-state index < -0.39 is 0 Å². The lowest BCUT2D eigenvalue weighted by molar-refractivity contribution is 1.22. The highest BCUT2D eigenvalue weighted by molar-refractivity contribution is 5.85. The van der Waals surface area contributed by atoms with Gasteiger partial charge in [-0.05, 0) is 42.0 Å². The Morgan fingerprint density at radius 2 is 1.79 bits per heavy atom. The van der Waals surface area contributed by atoms with Crippen molar-refractivity contribution in [2.24, 2.45) is 0 Å². The number of benzene rings is 1. The summed E-state index contributed by atoms with van der Waals surface area (Å²) >= 11 is 0. The molecule has 2 aliphatic carbocycles. The molecule has 0 saturated heterocycles. The minimum atomic E-state index is 1.02. The van der Waals surface area contributed by atoms with Gasteiger partial charge in [-0.2, -0.15) is 0 Å². The number of rotatable bonds is 1. The van der Waals surface area contributed by atoms with E-state index in [1.807, 2.05) is 0 Å². The van der Waals surface area contributed by atoms with Gasteiger partial charge in [0, 0.05) is 0 Å². The summed E-state index contributed by atoms with van der Waals surface area (Å²) in [5.74, 6) is 0. The van der Waals surface area contributed by atoms with Crippen molar-refractivity contribution >= 4 is 17.7 Å². The molecule has 3 rings (SSSR count). The zero-order chi connectivity index (χ0) is 13.1. The summed E-state index contributed by atoms with van der Waals surface area (Å²) < 4.78 is 0. The molecular weight excluding hydrogens is 228 g/mol. The molecule has 0 atom stereocenters. The summed E-state index contributed by atoms with van der Waals surface area (Å²) in [6, 6.07) is 6.55. The Morgan fingerprint density at radius 3 is 2.74 bits per heavy atom. The average Bonchev–Trinajstić information content (AvgIpc) is 2.78. The molecule has 0 amide bonds. The van der Waals surface area contributed by atoms with E-state index in [-0.39, 0.29) is 0 Å². The quantitative estimate of drug-likeness (QED) is 0.621. The van der Waals surface area contributed by atoms with Gasteiger partial charge in [-0.15, -0.1) is 0 Å². The highest BCUT2D eigenvalue weighted by atomic mass is 14.1. The fourth-order valence-corrected chi connectivity index (χ4v) is 2.53. The van der Waals surface area contributed by atoms with Gasteiger partial charge in [0.25, 0.3) is 0 Å². The Labute approximate surface area is 115 Å². The van der Waals surface area contributed by atoms with E-state index in [4.69, 9.17) is 0 Å². The first-order valence-electron chi connectivity index (χ1n) is 6.85. The Morgan fingerprint density at radius 1 is 0.895 bits per heavy atom. The normalized spacial score (nSPS) is 17.3. The SMILES string of the molecule is CC1=CC=C(c2cccc3c2C=CCC=C3)C=CC1. The number of hydrogen-bond acceptors (Lipinski definition) is 0. The molecule has 19 heavy (non-hydrogen) atoms. The van der Waals surface area contributed by atoms with E-state index in [0.717, 1.165) is 12.8 Å². The fourth-order valence-electron chi connectivity index (χ4n) is 2.53. The second kappa shape index (κ2) is 5.27. The summed E-state index contributed by atoms with van der Waals surface area (Å²) in [6.45, 7) is 2.18. The average molecular weight is 246 g/mol. The van der Waals surface area contributed by atoms with Gasteiger partial charge in [0.05, 0.1) is 0 Å². The Balaban J connectivity index is 2.14. The molecule has 0 aliphatic heterocycles. The maximum atomic E-state index is 2.25. The Kier molecular flexibility index (Phi) is 3.33. The molecule has 0 nitrogen and oxygen atoms in total. The van der Waals surface area contributed by atoms with Crippen LogP contribution in [0.4, 0.5) is 0 Å². The lowest BCUT2D eigenvalue weighted by Crippen LogP contribution is -1.90. The molecule has 0 spiro atoms. The summed E-state index contributed by atoms with van der Waals surface area (Å²) in [6.07, 6.45) is 19.9. The molecule has 0 unspecified atom stereocenters. The summed E-state index contributed by atoms with van der Waals surface area (Å²) in [7, 11) is 0. The third-order valence-electron chi connectivity index (χ3n) is 3.59. The second-order valence-electron chi connectivity index (χ2n) is 5.09. The maximum Gasteiger partial charge on any atom is -0.0106 e. The molecule has 1 aromatic carbocycles. The van der Waals surface area contributed by atoms with Crippen LogP contribution in [0.2, 0.25) is 0 Å². The lowest BCUT2D eigenvalue weighted by atomic mass is 9.95. The topological polar surface area (TPSA) is 0 Å². The van der Waals surface area contributed by atoms with Crippen LogP contribution in [0.3, 0.4) is 0 Å². The fraction of sp³-hybridized carbons (Fsp3) is 0.158. The van der Waals surface area contributed by atoms with Crippen LogP contribution in [0.5, 0.6) is 0 Å². The highest BCUT2D eigenvalue weighted by Crippen LogP contribution is 2.29. The molecule has 0 bridgehead atoms. The maximum absolute atomic E-state index is 2.25. The van der Waals surface area contributed by atoms with Crippen molar-refractivity contribution in [1.82, 2.24) is 0 Å². The van der Waals surface area contributed by atoms with E-state index in [9.17, 15) is 0 Å². The first kappa shape index (κ1) is 12.0. The molecule has 0 radical (unpaired) electrons. The molecule has 94 valence electrons. The van der Waals surface area contributed by atoms with E-state index in [2.05, 4.69) is 73.7 Å². The molecule has 0 saturated carbocycles. The van der Waals surface area contributed by atoms with Gasteiger partial charge < -0.3 is 0 Å². The van der Waals surface area contributed by atoms with E-state index in [1.54, 1.807) is 0 Å². The number of fused-ring (bicyclic) bond motifs is 1. The van der Waals surface area contributed by atoms with Crippen molar-refractivity contribution in [3.05, 3.63) is 76.9 Å². The van der Waals surface area contributed by atoms with Crippen LogP contribution in [-0.4, -0.2) is 0 Å². The second-order valence-corrected chi connectivity index (χ2v) is 5.09. The monoisotopic (exact) mass is 246 g/mol. The highest BCUT2D eigenvalue weighted by Gasteiger charge is 2.08. The number of hydrogen-bond donors (Lipinski definition) is 0. The van der Waals surface area contributed by atoms with Gasteiger partial charge in [0.2, 0.25) is 0 Å². The van der Waals surface area contributed by atoms with Gasteiger partial charge in [0.1, 0.15) is 0 Å². The largest absolute Gasteiger partial charge is 0.0801 e. The standard InChI is InChI=1S/C19H18/c1-15-7-5-9-17(14-13-15)19-12-6-10-16-8-3-2-4-11-18(16)19/h3-6,8-14H,2,7H2,1H3. The molecular formula is C19H18. The molecule has 0 N–H and O–H groups in total. The first-order chi connectivity index (χ1) is 9.34. The minimum Gasteiger partial charge on any atom is -0.0801 e. The van der Waals surface area contributed by atoms with Crippen LogP contribution < -0.4 is 0 Å². The zero-order valence-corrected chi connectivity index (χ0v) is 11.3. The smallest absolute Gasteiger partial charge is 0.0106 e. The van der Waals surface area contributed by atoms with Crippen molar-refractivity contribution in [3.63, 3.8) is 0 Å². The van der Waals surface area contributed by atoms with Crippen LogP contribution in [-0.2, 0) is 0 Å². The van der Waals surface area contributed by atoms with E-state index in [1.165, 1.54) is 27.8 Å². The van der Waals surface area contributed by atoms with E-state index in [0.29, 0.717) is 0 Å². The third-order valence-corrected chi connectivity index (χ3v) is 3.59. The van der Waals surface area contributed by atoms with Gasteiger partial charge in [0.15, 0.2) is 0 Å². The Hall–Kier alpha value is -2.08. The Bertz CT molecular complexity index is 634. The number of allylic oxidation sites excluding steroid dienone is 8. The summed E-state index contributed by atoms with van der Waals surface area (Å²) in [5.41, 5.74) is 6.67. The van der Waals surface area contributed by atoms with Gasteiger partial charge >= 0.3 is 0 Å². The predicted molar refractivity (Wildman–Crippen MR) is 84.6 cm³/mol. The van der Waals surface area contributed by atoms with E-state index >= 15 is 0 Å². The molecule has 0 heterocycles. The summed E-state index contributed by atoms with van der Waals surface area (Å²) in [5, 5.41) is 0. The van der Waals surface area contributed by atoms with Gasteiger partial charge in [-0.1, -0.05) is 72.4 Å². The first-order valence-corrected chi connectivity index (χ1v) is 6.85. The van der Waals surface area contributed by atoms with Crippen LogP contribution in [0, 0.1) is 0 Å². The molecule has 0 aromatic heterocycles. The molecule has 0 fully saturated rings. The van der Waals surface area contributed by atoms with Gasteiger partial charge in [-0.3, -0.25) is 0 Å². The van der Waals surface area contributed by atoms with Gasteiger partial charge in [-0.25, -0.2) is 0 Å². The predicted octanol–water partition coefficient (Wildman–Crippen LogP) is 5.41. The molecule has 0 heteroatoms. The van der Waals surface area contributed by atoms with Crippen molar-refractivity contribution in [2.45, 2.75) is 19.8 Å². The van der Waals surface area contributed by atoms with Crippen LogP contribution in [0.15, 0.2) is 60.2 Å². The molecule has 1 aromatic rings. The zero-order valence-electron chi connectivity index (χ0n) is 11.3. The summed E-state index contributed by atoms with van der Waals surface area (Å²) in [4.78, 5) is 0. The van der Waals surface area contributed by atoms with Crippen molar-refractivity contribution < 1.29 is 0 Å². The van der Waals surface area contributed by atoms with Crippen LogP contribution >= 0.6 is 0 Å². The van der Waals surface area contributed by atoms with Crippen LogP contribution in [0.1, 0.15) is 36.5 Å². The minimum absolute atomic E-state index is 1.02. The lowest BCUT2D eigenvalue weighted by Gasteiger charge is -2.09. The third kappa shape index (κ3) is 2.53.